The van der Waals surface area contributed by atoms with Crippen LogP contribution in [-0.4, -0.2) is 36.1 Å². The summed E-state index contributed by atoms with van der Waals surface area (Å²) in [6.07, 6.45) is -0.00907. The zero-order valence-electron chi connectivity index (χ0n) is 22.4. The van der Waals surface area contributed by atoms with Gasteiger partial charge in [-0.25, -0.2) is 0 Å². The summed E-state index contributed by atoms with van der Waals surface area (Å²) < 4.78 is 17.0. The molecule has 7 nitrogen and oxygen atoms in total. The highest BCUT2D eigenvalue weighted by Gasteiger charge is 2.47. The number of carbonyl (C=O) groups is 2. The number of aryl methyl sites for hydroxylation is 1. The Morgan fingerprint density at radius 2 is 1.61 bits per heavy atom. The van der Waals surface area contributed by atoms with Gasteiger partial charge in [0, 0.05) is 11.3 Å². The number of Topliss-reactive ketones (excluding diaryl/α,β-unsaturated/α-hetero) is 1. The summed E-state index contributed by atoms with van der Waals surface area (Å²) in [5.74, 6) is 0.215. The topological polar surface area (TPSA) is 85.3 Å². The third kappa shape index (κ3) is 5.37. The van der Waals surface area contributed by atoms with Gasteiger partial charge in [-0.3, -0.25) is 14.5 Å². The molecule has 38 heavy (non-hydrogen) atoms. The third-order valence-electron chi connectivity index (χ3n) is 6.17. The molecule has 0 saturated carbocycles. The molecule has 7 heteroatoms. The van der Waals surface area contributed by atoms with Crippen LogP contribution < -0.4 is 19.1 Å². The Labute approximate surface area is 223 Å². The molecule has 1 atom stereocenters. The zero-order chi connectivity index (χ0) is 27.4. The number of aliphatic hydroxyl groups is 1. The maximum Gasteiger partial charge on any atom is 0.300 e. The third-order valence-corrected chi connectivity index (χ3v) is 6.17. The molecule has 0 radical (unpaired) electrons. The summed E-state index contributed by atoms with van der Waals surface area (Å²) in [5, 5.41) is 11.5. The Hall–Kier alpha value is -4.26. The normalized spacial score (nSPS) is 16.7. The van der Waals surface area contributed by atoms with Crippen molar-refractivity contribution in [2.24, 2.45) is 0 Å². The molecule has 0 aliphatic carbocycles. The van der Waals surface area contributed by atoms with E-state index in [9.17, 15) is 14.7 Å². The number of rotatable bonds is 9. The fourth-order valence-electron chi connectivity index (χ4n) is 4.56. The van der Waals surface area contributed by atoms with E-state index in [-0.39, 0.29) is 17.4 Å². The SMILES string of the molecule is CCOc1ccc(N2C(=O)C(=O)/C(=C(/O)c3ccc(OC(C)C)c(C)c3)C2c2cccc(OCC)c2)cc1. The Morgan fingerprint density at radius 3 is 2.24 bits per heavy atom. The molecule has 4 rings (SSSR count). The van der Waals surface area contributed by atoms with Crippen molar-refractivity contribution < 1.29 is 28.9 Å². The molecule has 1 N–H and O–H groups in total. The van der Waals surface area contributed by atoms with E-state index in [2.05, 4.69) is 0 Å². The van der Waals surface area contributed by atoms with Crippen molar-refractivity contribution in [1.82, 2.24) is 0 Å². The van der Waals surface area contributed by atoms with E-state index in [1.54, 1.807) is 54.6 Å². The number of aliphatic hydroxyl groups excluding tert-OH is 1. The van der Waals surface area contributed by atoms with Gasteiger partial charge in [-0.2, -0.15) is 0 Å². The minimum atomic E-state index is -0.861. The average molecular weight is 516 g/mol. The average Bonchev–Trinajstić information content (AvgIpc) is 3.16. The van der Waals surface area contributed by atoms with Gasteiger partial charge in [0.25, 0.3) is 11.7 Å². The van der Waals surface area contributed by atoms with Crippen molar-refractivity contribution in [3.8, 4) is 17.2 Å². The Balaban J connectivity index is 1.87. The van der Waals surface area contributed by atoms with Crippen LogP contribution in [0.3, 0.4) is 0 Å². The van der Waals surface area contributed by atoms with Crippen molar-refractivity contribution >= 4 is 23.1 Å². The fourth-order valence-corrected chi connectivity index (χ4v) is 4.56. The Morgan fingerprint density at radius 1 is 0.921 bits per heavy atom. The molecule has 1 amide bonds. The van der Waals surface area contributed by atoms with Gasteiger partial charge in [-0.1, -0.05) is 12.1 Å². The molecule has 3 aromatic carbocycles. The molecule has 1 aliphatic heterocycles. The van der Waals surface area contributed by atoms with Crippen molar-refractivity contribution in [2.75, 3.05) is 18.1 Å². The van der Waals surface area contributed by atoms with Crippen LogP contribution in [0.15, 0.2) is 72.3 Å². The van der Waals surface area contributed by atoms with Gasteiger partial charge < -0.3 is 19.3 Å². The smallest absolute Gasteiger partial charge is 0.300 e. The minimum absolute atomic E-state index is 0.00876. The van der Waals surface area contributed by atoms with Crippen LogP contribution >= 0.6 is 0 Å². The summed E-state index contributed by atoms with van der Waals surface area (Å²) in [4.78, 5) is 28.3. The molecule has 0 spiro atoms. The maximum atomic E-state index is 13.5. The van der Waals surface area contributed by atoms with Gasteiger partial charge in [0.2, 0.25) is 0 Å². The number of amides is 1. The highest BCUT2D eigenvalue weighted by molar-refractivity contribution is 6.51. The minimum Gasteiger partial charge on any atom is -0.507 e. The van der Waals surface area contributed by atoms with Crippen molar-refractivity contribution in [2.45, 2.75) is 46.8 Å². The highest BCUT2D eigenvalue weighted by Crippen LogP contribution is 2.43. The summed E-state index contributed by atoms with van der Waals surface area (Å²) in [5.41, 5.74) is 2.39. The first-order valence-electron chi connectivity index (χ1n) is 12.8. The van der Waals surface area contributed by atoms with Crippen molar-refractivity contribution in [3.63, 3.8) is 0 Å². The largest absolute Gasteiger partial charge is 0.507 e. The molecule has 0 bridgehead atoms. The van der Waals surface area contributed by atoms with E-state index in [4.69, 9.17) is 14.2 Å². The summed E-state index contributed by atoms with van der Waals surface area (Å²) in [7, 11) is 0. The zero-order valence-corrected chi connectivity index (χ0v) is 22.4. The van der Waals surface area contributed by atoms with Gasteiger partial charge in [-0.05, 0) is 100 Å². The lowest BCUT2D eigenvalue weighted by atomic mass is 9.94. The van der Waals surface area contributed by atoms with E-state index in [1.165, 1.54) is 4.90 Å². The van der Waals surface area contributed by atoms with Crippen molar-refractivity contribution in [3.05, 3.63) is 89.0 Å². The van der Waals surface area contributed by atoms with E-state index >= 15 is 0 Å². The van der Waals surface area contributed by atoms with Crippen LogP contribution in [-0.2, 0) is 9.59 Å². The second-order valence-corrected chi connectivity index (χ2v) is 9.25. The first-order chi connectivity index (χ1) is 18.2. The van der Waals surface area contributed by atoms with Gasteiger partial charge in [0.1, 0.15) is 23.0 Å². The van der Waals surface area contributed by atoms with Crippen molar-refractivity contribution in [1.29, 1.82) is 0 Å². The first-order valence-corrected chi connectivity index (χ1v) is 12.8. The number of ether oxygens (including phenoxy) is 3. The van der Waals surface area contributed by atoms with Crippen LogP contribution in [0.5, 0.6) is 17.2 Å². The molecular weight excluding hydrogens is 482 g/mol. The summed E-state index contributed by atoms with van der Waals surface area (Å²) >= 11 is 0. The lowest BCUT2D eigenvalue weighted by molar-refractivity contribution is -0.132. The highest BCUT2D eigenvalue weighted by atomic mass is 16.5. The lowest BCUT2D eigenvalue weighted by Crippen LogP contribution is -2.29. The molecular formula is C31H33NO6. The molecule has 3 aromatic rings. The van der Waals surface area contributed by atoms with E-state index < -0.39 is 17.7 Å². The first kappa shape index (κ1) is 26.8. The number of ketones is 1. The Bertz CT molecular complexity index is 1360. The van der Waals surface area contributed by atoms with E-state index in [0.717, 1.165) is 5.56 Å². The van der Waals surface area contributed by atoms with Gasteiger partial charge >= 0.3 is 0 Å². The Kier molecular flexibility index (Phi) is 8.05. The molecule has 198 valence electrons. The fraction of sp³-hybridized carbons (Fsp3) is 0.290. The summed E-state index contributed by atoms with van der Waals surface area (Å²) in [6, 6.07) is 18.5. The van der Waals surface area contributed by atoms with E-state index in [0.29, 0.717) is 47.3 Å². The predicted molar refractivity (Wildman–Crippen MR) is 147 cm³/mol. The number of hydrogen-bond donors (Lipinski definition) is 1. The van der Waals surface area contributed by atoms with Gasteiger partial charge in [-0.15, -0.1) is 0 Å². The number of nitrogens with zero attached hydrogens (tertiary/aromatic N) is 1. The number of anilines is 1. The maximum absolute atomic E-state index is 13.5. The molecule has 1 aliphatic rings. The molecule has 1 fully saturated rings. The quantitative estimate of drug-likeness (QED) is 0.207. The number of benzene rings is 3. The molecule has 1 heterocycles. The number of carbonyl (C=O) groups excluding carboxylic acids is 2. The molecule has 1 saturated heterocycles. The van der Waals surface area contributed by atoms with Crippen LogP contribution in [0.1, 0.15) is 50.4 Å². The van der Waals surface area contributed by atoms with Crippen LogP contribution in [0, 0.1) is 6.92 Å². The lowest BCUT2D eigenvalue weighted by Gasteiger charge is -2.26. The van der Waals surface area contributed by atoms with Crippen LogP contribution in [0.25, 0.3) is 5.76 Å². The van der Waals surface area contributed by atoms with Crippen LogP contribution in [0.2, 0.25) is 0 Å². The molecule has 1 unspecified atom stereocenters. The second-order valence-electron chi connectivity index (χ2n) is 9.25. The monoisotopic (exact) mass is 515 g/mol. The summed E-state index contributed by atoms with van der Waals surface area (Å²) in [6.45, 7) is 10.5. The van der Waals surface area contributed by atoms with Crippen LogP contribution in [0.4, 0.5) is 5.69 Å². The van der Waals surface area contributed by atoms with Gasteiger partial charge in [0.05, 0.1) is 30.9 Å². The van der Waals surface area contributed by atoms with Gasteiger partial charge in [0.15, 0.2) is 0 Å². The second kappa shape index (κ2) is 11.4. The standard InChI is InChI=1S/C31H33NO6/c1-6-36-24-14-12-23(13-15-24)32-28(21-9-8-10-25(18-21)37-7-2)27(30(34)31(32)35)29(33)22-11-16-26(20(5)17-22)38-19(3)4/h8-19,28,33H,6-7H2,1-5H3/b29-27+. The molecule has 0 aromatic heterocycles. The predicted octanol–water partition coefficient (Wildman–Crippen LogP) is 6.21. The van der Waals surface area contributed by atoms with E-state index in [1.807, 2.05) is 46.8 Å². The number of hydrogen-bond acceptors (Lipinski definition) is 6.